The SMILES string of the molecule is CCNc1ncc(CN2CCCN(C(C)=O)CC2)s1. The van der Waals surface area contributed by atoms with Gasteiger partial charge in [0.1, 0.15) is 0 Å². The van der Waals surface area contributed by atoms with E-state index in [-0.39, 0.29) is 5.91 Å². The zero-order valence-corrected chi connectivity index (χ0v) is 12.5. The van der Waals surface area contributed by atoms with Crippen molar-refractivity contribution in [1.82, 2.24) is 14.8 Å². The highest BCUT2D eigenvalue weighted by Crippen LogP contribution is 2.20. The molecule has 0 spiro atoms. The second-order valence-corrected chi connectivity index (χ2v) is 5.91. The van der Waals surface area contributed by atoms with Gasteiger partial charge in [-0.2, -0.15) is 0 Å². The van der Waals surface area contributed by atoms with E-state index in [2.05, 4.69) is 22.1 Å². The molecule has 106 valence electrons. The molecule has 0 aromatic carbocycles. The molecule has 0 saturated carbocycles. The number of carbonyl (C=O) groups is 1. The molecule has 2 heterocycles. The van der Waals surface area contributed by atoms with Crippen LogP contribution in [0.4, 0.5) is 5.13 Å². The van der Waals surface area contributed by atoms with Gasteiger partial charge in [-0.3, -0.25) is 9.69 Å². The summed E-state index contributed by atoms with van der Waals surface area (Å²) in [6.45, 7) is 9.31. The number of hydrogen-bond acceptors (Lipinski definition) is 5. The van der Waals surface area contributed by atoms with Crippen LogP contribution in [0.2, 0.25) is 0 Å². The molecule has 1 fully saturated rings. The van der Waals surface area contributed by atoms with Crippen LogP contribution in [-0.4, -0.2) is 53.4 Å². The molecule has 0 bridgehead atoms. The van der Waals surface area contributed by atoms with Gasteiger partial charge in [0.05, 0.1) is 0 Å². The third-order valence-corrected chi connectivity index (χ3v) is 4.23. The van der Waals surface area contributed by atoms with Gasteiger partial charge in [0.25, 0.3) is 0 Å². The Bertz CT molecular complexity index is 421. The molecule has 0 aliphatic carbocycles. The first-order valence-corrected chi connectivity index (χ1v) is 7.67. The maximum atomic E-state index is 11.4. The quantitative estimate of drug-likeness (QED) is 0.912. The Hall–Kier alpha value is -1.14. The predicted molar refractivity (Wildman–Crippen MR) is 78.4 cm³/mol. The van der Waals surface area contributed by atoms with Gasteiger partial charge in [-0.25, -0.2) is 4.98 Å². The number of anilines is 1. The number of carbonyl (C=O) groups excluding carboxylic acids is 1. The average molecular weight is 282 g/mol. The summed E-state index contributed by atoms with van der Waals surface area (Å²) >= 11 is 1.72. The number of nitrogens with zero attached hydrogens (tertiary/aromatic N) is 3. The van der Waals surface area contributed by atoms with Gasteiger partial charge in [0, 0.05) is 57.3 Å². The highest BCUT2D eigenvalue weighted by Gasteiger charge is 2.17. The van der Waals surface area contributed by atoms with Crippen molar-refractivity contribution in [1.29, 1.82) is 0 Å². The molecule has 1 amide bonds. The number of hydrogen-bond donors (Lipinski definition) is 1. The number of thiazole rings is 1. The molecule has 1 aromatic heterocycles. The third kappa shape index (κ3) is 4.18. The summed E-state index contributed by atoms with van der Waals surface area (Å²) in [5.74, 6) is 0.189. The Morgan fingerprint density at radius 2 is 2.26 bits per heavy atom. The highest BCUT2D eigenvalue weighted by molar-refractivity contribution is 7.15. The van der Waals surface area contributed by atoms with E-state index in [1.807, 2.05) is 11.1 Å². The Labute approximate surface area is 118 Å². The molecule has 6 heteroatoms. The summed E-state index contributed by atoms with van der Waals surface area (Å²) in [6.07, 6.45) is 3.01. The average Bonchev–Trinajstić information content (AvgIpc) is 2.67. The van der Waals surface area contributed by atoms with Crippen LogP contribution in [-0.2, 0) is 11.3 Å². The third-order valence-electron chi connectivity index (χ3n) is 3.29. The lowest BCUT2D eigenvalue weighted by Crippen LogP contribution is -2.33. The summed E-state index contributed by atoms with van der Waals surface area (Å²) in [7, 11) is 0. The van der Waals surface area contributed by atoms with Crippen LogP contribution < -0.4 is 5.32 Å². The number of nitrogens with one attached hydrogen (secondary N) is 1. The van der Waals surface area contributed by atoms with Crippen LogP contribution >= 0.6 is 11.3 Å². The van der Waals surface area contributed by atoms with E-state index in [0.717, 1.165) is 50.8 Å². The van der Waals surface area contributed by atoms with Gasteiger partial charge in [0.2, 0.25) is 5.91 Å². The minimum absolute atomic E-state index is 0.189. The second kappa shape index (κ2) is 6.86. The maximum Gasteiger partial charge on any atom is 0.219 e. The molecule has 1 aromatic rings. The van der Waals surface area contributed by atoms with E-state index in [0.29, 0.717) is 0 Å². The topological polar surface area (TPSA) is 48.5 Å². The van der Waals surface area contributed by atoms with E-state index in [1.54, 1.807) is 18.3 Å². The molecule has 19 heavy (non-hydrogen) atoms. The molecule has 1 N–H and O–H groups in total. The van der Waals surface area contributed by atoms with Crippen LogP contribution in [0.5, 0.6) is 0 Å². The number of aromatic nitrogens is 1. The highest BCUT2D eigenvalue weighted by atomic mass is 32.1. The smallest absolute Gasteiger partial charge is 0.219 e. The predicted octanol–water partition coefficient (Wildman–Crippen LogP) is 1.63. The Kier molecular flexibility index (Phi) is 5.15. The van der Waals surface area contributed by atoms with Crippen molar-refractivity contribution in [3.05, 3.63) is 11.1 Å². The zero-order valence-electron chi connectivity index (χ0n) is 11.7. The molecule has 1 aliphatic heterocycles. The van der Waals surface area contributed by atoms with Crippen molar-refractivity contribution in [2.75, 3.05) is 38.0 Å². The van der Waals surface area contributed by atoms with Gasteiger partial charge >= 0.3 is 0 Å². The van der Waals surface area contributed by atoms with Gasteiger partial charge < -0.3 is 10.2 Å². The lowest BCUT2D eigenvalue weighted by molar-refractivity contribution is -0.128. The fraction of sp³-hybridized carbons (Fsp3) is 0.692. The first-order chi connectivity index (χ1) is 9.19. The molecule has 2 rings (SSSR count). The Morgan fingerprint density at radius 1 is 1.42 bits per heavy atom. The lowest BCUT2D eigenvalue weighted by atomic mass is 10.3. The molecular formula is C13H22N4OS. The Balaban J connectivity index is 1.86. The standard InChI is InChI=1S/C13H22N4OS/c1-3-14-13-15-9-12(19-13)10-16-5-4-6-17(8-7-16)11(2)18/h9H,3-8,10H2,1-2H3,(H,14,15). The fourth-order valence-corrected chi connectivity index (χ4v) is 3.20. The summed E-state index contributed by atoms with van der Waals surface area (Å²) in [6, 6.07) is 0. The number of rotatable bonds is 4. The molecule has 0 radical (unpaired) electrons. The van der Waals surface area contributed by atoms with Gasteiger partial charge in [-0.15, -0.1) is 11.3 Å². The van der Waals surface area contributed by atoms with Crippen molar-refractivity contribution in [2.45, 2.75) is 26.8 Å². The Morgan fingerprint density at radius 3 is 3.00 bits per heavy atom. The zero-order chi connectivity index (χ0) is 13.7. The molecule has 0 atom stereocenters. The molecule has 1 saturated heterocycles. The fourth-order valence-electron chi connectivity index (χ4n) is 2.28. The van der Waals surface area contributed by atoms with E-state index in [9.17, 15) is 4.79 Å². The molecule has 0 unspecified atom stereocenters. The summed E-state index contributed by atoms with van der Waals surface area (Å²) in [4.78, 5) is 21.4. The molecule has 1 aliphatic rings. The van der Waals surface area contributed by atoms with E-state index < -0.39 is 0 Å². The van der Waals surface area contributed by atoms with Crippen molar-refractivity contribution < 1.29 is 4.79 Å². The molecular weight excluding hydrogens is 260 g/mol. The van der Waals surface area contributed by atoms with Crippen LogP contribution in [0.1, 0.15) is 25.1 Å². The largest absolute Gasteiger partial charge is 0.362 e. The van der Waals surface area contributed by atoms with Gasteiger partial charge in [-0.1, -0.05) is 0 Å². The van der Waals surface area contributed by atoms with E-state index in [1.165, 1.54) is 4.88 Å². The normalized spacial score (nSPS) is 17.3. The maximum absolute atomic E-state index is 11.4. The van der Waals surface area contributed by atoms with Crippen LogP contribution in [0, 0.1) is 0 Å². The van der Waals surface area contributed by atoms with Gasteiger partial charge in [-0.05, 0) is 13.3 Å². The van der Waals surface area contributed by atoms with Gasteiger partial charge in [0.15, 0.2) is 5.13 Å². The second-order valence-electron chi connectivity index (χ2n) is 4.80. The van der Waals surface area contributed by atoms with Crippen LogP contribution in [0.3, 0.4) is 0 Å². The van der Waals surface area contributed by atoms with Crippen molar-refractivity contribution in [3.8, 4) is 0 Å². The summed E-state index contributed by atoms with van der Waals surface area (Å²) in [5, 5.41) is 4.23. The first kappa shape index (κ1) is 14.3. The summed E-state index contributed by atoms with van der Waals surface area (Å²) in [5.41, 5.74) is 0. The van der Waals surface area contributed by atoms with Crippen LogP contribution in [0.25, 0.3) is 0 Å². The van der Waals surface area contributed by atoms with Crippen molar-refractivity contribution >= 4 is 22.4 Å². The van der Waals surface area contributed by atoms with E-state index in [4.69, 9.17) is 0 Å². The monoisotopic (exact) mass is 282 g/mol. The minimum atomic E-state index is 0.189. The number of amides is 1. The minimum Gasteiger partial charge on any atom is -0.362 e. The van der Waals surface area contributed by atoms with Crippen molar-refractivity contribution in [2.24, 2.45) is 0 Å². The van der Waals surface area contributed by atoms with E-state index >= 15 is 0 Å². The molecule has 5 nitrogen and oxygen atoms in total. The summed E-state index contributed by atoms with van der Waals surface area (Å²) < 4.78 is 0. The van der Waals surface area contributed by atoms with Crippen LogP contribution in [0.15, 0.2) is 6.20 Å². The van der Waals surface area contributed by atoms with Crippen molar-refractivity contribution in [3.63, 3.8) is 0 Å². The first-order valence-electron chi connectivity index (χ1n) is 6.85. The lowest BCUT2D eigenvalue weighted by Gasteiger charge is -2.20.